The molecule has 0 spiro atoms. The molecule has 190 valence electrons. The van der Waals surface area contributed by atoms with Gasteiger partial charge in [0.25, 0.3) is 0 Å². The van der Waals surface area contributed by atoms with E-state index in [-0.39, 0.29) is 34.4 Å². The van der Waals surface area contributed by atoms with Gasteiger partial charge in [0.05, 0.1) is 0 Å². The summed E-state index contributed by atoms with van der Waals surface area (Å²) >= 11 is 2.92. The van der Waals surface area contributed by atoms with Crippen molar-refractivity contribution in [1.29, 1.82) is 0 Å². The summed E-state index contributed by atoms with van der Waals surface area (Å²) in [6, 6.07) is -2.95. The Morgan fingerprint density at radius 2 is 1.24 bits per heavy atom. The largest absolute Gasteiger partial charge is 0.424 e. The summed E-state index contributed by atoms with van der Waals surface area (Å²) in [6.07, 6.45) is -0.923. The summed E-state index contributed by atoms with van der Waals surface area (Å²) in [5.41, 5.74) is 11.5. The van der Waals surface area contributed by atoms with Gasteiger partial charge in [0.1, 0.15) is 34.9 Å². The molecule has 0 bridgehead atoms. The minimum absolute atomic E-state index is 0.249. The third kappa shape index (κ3) is 4.00. The van der Waals surface area contributed by atoms with Crippen LogP contribution in [-0.2, 0) is 28.7 Å². The predicted molar refractivity (Wildman–Crippen MR) is 128 cm³/mol. The van der Waals surface area contributed by atoms with Crippen LogP contribution in [0, 0.1) is 5.41 Å². The van der Waals surface area contributed by atoms with E-state index in [1.54, 1.807) is 0 Å². The number of nitrogens with zero attached hydrogens (tertiary/aromatic N) is 2. The predicted octanol–water partition coefficient (Wildman–Crippen LogP) is 0.614. The van der Waals surface area contributed by atoms with Crippen LogP contribution in [0.5, 0.6) is 0 Å². The molecule has 34 heavy (non-hydrogen) atoms. The van der Waals surface area contributed by atoms with Gasteiger partial charge in [0.2, 0.25) is 18.1 Å². The molecule has 0 aromatic heterocycles. The molecular formula is C22H34N4O6S2. The van der Waals surface area contributed by atoms with Gasteiger partial charge in [0, 0.05) is 15.9 Å². The molecule has 4 fully saturated rings. The SMILES string of the molecule is CC(C)(C)CC(OC(=O)[C@@H]1N2C(=O)C(N)[C@H]2SC1(C)C)OC(=O)[C@@H]1N2C(=O)C(N)[C@H]2SC1(C)C. The fourth-order valence-electron chi connectivity index (χ4n) is 5.04. The number of esters is 2. The molecule has 0 aliphatic carbocycles. The van der Waals surface area contributed by atoms with Crippen molar-refractivity contribution in [2.45, 2.75) is 106 Å². The number of amides is 2. The highest BCUT2D eigenvalue weighted by Gasteiger charge is 2.65. The van der Waals surface area contributed by atoms with Crippen molar-refractivity contribution in [3.63, 3.8) is 0 Å². The minimum atomic E-state index is -1.17. The van der Waals surface area contributed by atoms with Crippen LogP contribution in [0.15, 0.2) is 0 Å². The third-order valence-corrected chi connectivity index (χ3v) is 9.87. The van der Waals surface area contributed by atoms with E-state index in [1.807, 2.05) is 48.5 Å². The molecule has 0 saturated carbocycles. The molecule has 4 saturated heterocycles. The van der Waals surface area contributed by atoms with Crippen LogP contribution >= 0.6 is 23.5 Å². The maximum atomic E-state index is 13.3. The summed E-state index contributed by atoms with van der Waals surface area (Å²) in [5, 5.41) is -0.558. The molecule has 4 N–H and O–H groups in total. The van der Waals surface area contributed by atoms with Crippen LogP contribution in [0.4, 0.5) is 0 Å². The first-order valence-corrected chi connectivity index (χ1v) is 13.1. The van der Waals surface area contributed by atoms with E-state index >= 15 is 0 Å². The van der Waals surface area contributed by atoms with E-state index in [0.717, 1.165) is 0 Å². The molecule has 2 amide bonds. The lowest BCUT2D eigenvalue weighted by Crippen LogP contribution is -2.69. The van der Waals surface area contributed by atoms with Crippen LogP contribution in [0.3, 0.4) is 0 Å². The number of carbonyl (C=O) groups is 4. The minimum Gasteiger partial charge on any atom is -0.424 e. The Kier molecular flexibility index (Phi) is 6.03. The lowest BCUT2D eigenvalue weighted by Gasteiger charge is -2.43. The van der Waals surface area contributed by atoms with Gasteiger partial charge < -0.3 is 30.7 Å². The van der Waals surface area contributed by atoms with Crippen molar-refractivity contribution < 1.29 is 28.7 Å². The number of hydrogen-bond donors (Lipinski definition) is 2. The standard InChI is InChI=1S/C22H34N4O6S2/c1-20(2,3)8-9(31-18(29)12-21(4,5)33-16-10(23)14(27)25(12)16)32-19(30)13-22(6,7)34-17-11(24)15(28)26(13)17/h9-13,16-17H,8,23-24H2,1-7H3/t9?,10?,11?,12-,13-,16+,17+/m0/s1. The molecule has 2 unspecified atom stereocenters. The summed E-state index contributed by atoms with van der Waals surface area (Å²) in [4.78, 5) is 54.3. The van der Waals surface area contributed by atoms with E-state index in [9.17, 15) is 19.2 Å². The maximum Gasteiger partial charge on any atom is 0.333 e. The highest BCUT2D eigenvalue weighted by molar-refractivity contribution is 8.02. The van der Waals surface area contributed by atoms with Gasteiger partial charge in [-0.05, 0) is 33.1 Å². The maximum absolute atomic E-state index is 13.3. The van der Waals surface area contributed by atoms with E-state index in [0.29, 0.717) is 0 Å². The number of nitrogens with two attached hydrogens (primary N) is 2. The first kappa shape index (κ1) is 25.6. The molecule has 0 aromatic carbocycles. The average Bonchev–Trinajstić information content (AvgIpc) is 3.11. The monoisotopic (exact) mass is 514 g/mol. The van der Waals surface area contributed by atoms with Gasteiger partial charge in [0.15, 0.2) is 0 Å². The van der Waals surface area contributed by atoms with E-state index in [1.165, 1.54) is 33.3 Å². The Labute approximate surface area is 208 Å². The van der Waals surface area contributed by atoms with Crippen molar-refractivity contribution in [1.82, 2.24) is 9.80 Å². The second-order valence-corrected chi connectivity index (χ2v) is 15.2. The summed E-state index contributed by atoms with van der Waals surface area (Å²) in [5.74, 6) is -1.86. The molecular weight excluding hydrogens is 480 g/mol. The number of ether oxygens (including phenoxy) is 2. The molecule has 0 radical (unpaired) electrons. The van der Waals surface area contributed by atoms with Gasteiger partial charge in [-0.2, -0.15) is 0 Å². The Bertz CT molecular complexity index is 869. The van der Waals surface area contributed by atoms with Crippen LogP contribution in [-0.4, -0.2) is 84.3 Å². The highest BCUT2D eigenvalue weighted by atomic mass is 32.2. The topological polar surface area (TPSA) is 145 Å². The average molecular weight is 515 g/mol. The second-order valence-electron chi connectivity index (χ2n) is 11.6. The molecule has 4 heterocycles. The zero-order chi connectivity index (χ0) is 25.5. The number of carbonyl (C=O) groups excluding carboxylic acids is 4. The van der Waals surface area contributed by atoms with Crippen molar-refractivity contribution >= 4 is 47.3 Å². The van der Waals surface area contributed by atoms with Gasteiger partial charge in [-0.25, -0.2) is 9.59 Å². The fraction of sp³-hybridized carbons (Fsp3) is 0.818. The van der Waals surface area contributed by atoms with Gasteiger partial charge >= 0.3 is 11.9 Å². The molecule has 12 heteroatoms. The Morgan fingerprint density at radius 3 is 1.56 bits per heavy atom. The van der Waals surface area contributed by atoms with Gasteiger partial charge in [-0.3, -0.25) is 9.59 Å². The fourth-order valence-corrected chi connectivity index (χ4v) is 8.17. The lowest BCUT2D eigenvalue weighted by molar-refractivity contribution is -0.203. The lowest BCUT2D eigenvalue weighted by atomic mass is 9.91. The van der Waals surface area contributed by atoms with E-state index < -0.39 is 51.9 Å². The van der Waals surface area contributed by atoms with Crippen molar-refractivity contribution in [2.24, 2.45) is 16.9 Å². The summed E-state index contributed by atoms with van der Waals surface area (Å²) < 4.78 is 10.3. The number of thioether (sulfide) groups is 2. The summed E-state index contributed by atoms with van der Waals surface area (Å²) in [6.45, 7) is 13.3. The molecule has 0 aromatic rings. The van der Waals surface area contributed by atoms with Crippen LogP contribution < -0.4 is 11.5 Å². The van der Waals surface area contributed by atoms with Crippen molar-refractivity contribution in [2.75, 3.05) is 0 Å². The summed E-state index contributed by atoms with van der Waals surface area (Å²) in [7, 11) is 0. The Morgan fingerprint density at radius 1 is 0.882 bits per heavy atom. The van der Waals surface area contributed by atoms with Crippen molar-refractivity contribution in [3.05, 3.63) is 0 Å². The Balaban J connectivity index is 1.51. The zero-order valence-corrected chi connectivity index (χ0v) is 22.2. The first-order valence-electron chi connectivity index (χ1n) is 11.4. The van der Waals surface area contributed by atoms with Gasteiger partial charge in [-0.15, -0.1) is 23.5 Å². The smallest absolute Gasteiger partial charge is 0.333 e. The van der Waals surface area contributed by atoms with Crippen LogP contribution in [0.25, 0.3) is 0 Å². The molecule has 4 rings (SSSR count). The quantitative estimate of drug-likeness (QED) is 0.304. The Hall–Kier alpha value is -1.50. The van der Waals surface area contributed by atoms with E-state index in [2.05, 4.69) is 0 Å². The van der Waals surface area contributed by atoms with Gasteiger partial charge in [-0.1, -0.05) is 20.8 Å². The number of fused-ring (bicyclic) bond motifs is 2. The normalized spacial score (nSPS) is 36.3. The highest BCUT2D eigenvalue weighted by Crippen LogP contribution is 2.52. The molecule has 10 nitrogen and oxygen atoms in total. The zero-order valence-electron chi connectivity index (χ0n) is 20.6. The van der Waals surface area contributed by atoms with E-state index in [4.69, 9.17) is 20.9 Å². The molecule has 6 atom stereocenters. The number of hydrogen-bond acceptors (Lipinski definition) is 10. The van der Waals surface area contributed by atoms with Crippen LogP contribution in [0.2, 0.25) is 0 Å². The first-order chi connectivity index (χ1) is 15.5. The molecule has 4 aliphatic rings. The molecule has 4 aliphatic heterocycles. The third-order valence-electron chi connectivity index (χ3n) is 6.69. The number of β-lactam (4-membered cyclic amide) rings is 2. The van der Waals surface area contributed by atoms with Crippen molar-refractivity contribution in [3.8, 4) is 0 Å². The second kappa shape index (κ2) is 8.01. The number of rotatable bonds is 5. The van der Waals surface area contributed by atoms with Crippen LogP contribution in [0.1, 0.15) is 54.9 Å².